The van der Waals surface area contributed by atoms with E-state index in [4.69, 9.17) is 28.9 Å². The Labute approximate surface area is 112 Å². The van der Waals surface area contributed by atoms with Crippen LogP contribution in [0.5, 0.6) is 0 Å². The Morgan fingerprint density at radius 2 is 1.76 bits per heavy atom. The molecule has 1 fully saturated rings. The lowest BCUT2D eigenvalue weighted by Gasteiger charge is -2.13. The van der Waals surface area contributed by atoms with E-state index in [9.17, 15) is 0 Å². The Kier molecular flexibility index (Phi) is 4.41. The van der Waals surface area contributed by atoms with E-state index in [1.165, 1.54) is 32.1 Å². The first kappa shape index (κ1) is 12.8. The lowest BCUT2D eigenvalue weighted by Crippen LogP contribution is -2.07. The Morgan fingerprint density at radius 1 is 1.18 bits per heavy atom. The number of rotatable bonds is 4. The maximum atomic E-state index is 6.10. The molecule has 1 aromatic carbocycles. The van der Waals surface area contributed by atoms with E-state index in [0.717, 1.165) is 18.2 Å². The largest absolute Gasteiger partial charge is 0.399 e. The molecule has 0 unspecified atom stereocenters. The molecule has 3 N–H and O–H groups in total. The van der Waals surface area contributed by atoms with Crippen molar-refractivity contribution in [2.45, 2.75) is 32.1 Å². The highest BCUT2D eigenvalue weighted by atomic mass is 35.5. The van der Waals surface area contributed by atoms with Gasteiger partial charge in [0.1, 0.15) is 0 Å². The number of nitrogens with one attached hydrogen (secondary N) is 1. The molecule has 1 aliphatic carbocycles. The smallest absolute Gasteiger partial charge is 0.0720 e. The fourth-order valence-electron chi connectivity index (χ4n) is 2.46. The van der Waals surface area contributed by atoms with Gasteiger partial charge < -0.3 is 11.1 Å². The molecule has 17 heavy (non-hydrogen) atoms. The molecule has 0 bridgehead atoms. The van der Waals surface area contributed by atoms with Crippen LogP contribution in [0.25, 0.3) is 0 Å². The zero-order valence-corrected chi connectivity index (χ0v) is 11.3. The van der Waals surface area contributed by atoms with Gasteiger partial charge in [0.15, 0.2) is 0 Å². The van der Waals surface area contributed by atoms with E-state index in [-0.39, 0.29) is 0 Å². The van der Waals surface area contributed by atoms with Gasteiger partial charge in [0.25, 0.3) is 0 Å². The standard InChI is InChI=1S/C13H18Cl2N2/c14-11-7-10(16)8-12(15)13(11)17-6-5-9-3-1-2-4-9/h7-9,17H,1-6,16H2. The summed E-state index contributed by atoms with van der Waals surface area (Å²) >= 11 is 12.2. The monoisotopic (exact) mass is 272 g/mol. The number of hydrogen-bond donors (Lipinski definition) is 2. The van der Waals surface area contributed by atoms with E-state index < -0.39 is 0 Å². The Balaban J connectivity index is 1.89. The van der Waals surface area contributed by atoms with Crippen LogP contribution in [0.1, 0.15) is 32.1 Å². The molecule has 2 rings (SSSR count). The molecule has 2 nitrogen and oxygen atoms in total. The lowest BCUT2D eigenvalue weighted by atomic mass is 10.0. The normalized spacial score (nSPS) is 16.4. The molecular weight excluding hydrogens is 255 g/mol. The average Bonchev–Trinajstić information content (AvgIpc) is 2.74. The van der Waals surface area contributed by atoms with Gasteiger partial charge in [-0.15, -0.1) is 0 Å². The highest BCUT2D eigenvalue weighted by Crippen LogP contribution is 2.33. The minimum absolute atomic E-state index is 0.598. The number of halogens is 2. The zero-order valence-electron chi connectivity index (χ0n) is 9.81. The maximum Gasteiger partial charge on any atom is 0.0720 e. The van der Waals surface area contributed by atoms with Crippen molar-refractivity contribution in [1.82, 2.24) is 0 Å². The number of nitrogen functional groups attached to an aromatic ring is 1. The van der Waals surface area contributed by atoms with Gasteiger partial charge in [0.05, 0.1) is 15.7 Å². The van der Waals surface area contributed by atoms with Crippen LogP contribution in [0.4, 0.5) is 11.4 Å². The molecule has 0 aromatic heterocycles. The fourth-order valence-corrected chi connectivity index (χ4v) is 3.10. The molecule has 94 valence electrons. The summed E-state index contributed by atoms with van der Waals surface area (Å²) in [5.74, 6) is 0.869. The van der Waals surface area contributed by atoms with E-state index in [1.54, 1.807) is 12.1 Å². The van der Waals surface area contributed by atoms with Gasteiger partial charge in [0, 0.05) is 12.2 Å². The first-order chi connectivity index (χ1) is 8.16. The van der Waals surface area contributed by atoms with E-state index in [1.807, 2.05) is 0 Å². The quantitative estimate of drug-likeness (QED) is 0.789. The third-order valence-corrected chi connectivity index (χ3v) is 3.99. The van der Waals surface area contributed by atoms with Crippen LogP contribution in [-0.4, -0.2) is 6.54 Å². The molecule has 1 aromatic rings. The van der Waals surface area contributed by atoms with Crippen LogP contribution in [0.3, 0.4) is 0 Å². The topological polar surface area (TPSA) is 38.0 Å². The molecule has 0 radical (unpaired) electrons. The summed E-state index contributed by atoms with van der Waals surface area (Å²) in [4.78, 5) is 0. The molecule has 4 heteroatoms. The van der Waals surface area contributed by atoms with Crippen molar-refractivity contribution in [2.75, 3.05) is 17.6 Å². The molecule has 1 saturated carbocycles. The Hall–Kier alpha value is -0.600. The van der Waals surface area contributed by atoms with Gasteiger partial charge in [-0.2, -0.15) is 0 Å². The van der Waals surface area contributed by atoms with Crippen LogP contribution in [0, 0.1) is 5.92 Å². The lowest BCUT2D eigenvalue weighted by molar-refractivity contribution is 0.518. The number of nitrogens with two attached hydrogens (primary N) is 1. The van der Waals surface area contributed by atoms with Gasteiger partial charge in [-0.05, 0) is 24.5 Å². The Bertz CT molecular complexity index is 364. The van der Waals surface area contributed by atoms with Gasteiger partial charge in [0.2, 0.25) is 0 Å². The highest BCUT2D eigenvalue weighted by molar-refractivity contribution is 6.39. The van der Waals surface area contributed by atoms with Crippen LogP contribution in [0.15, 0.2) is 12.1 Å². The molecule has 0 atom stereocenters. The van der Waals surface area contributed by atoms with Gasteiger partial charge >= 0.3 is 0 Å². The van der Waals surface area contributed by atoms with Crippen molar-refractivity contribution in [1.29, 1.82) is 0 Å². The van der Waals surface area contributed by atoms with Gasteiger partial charge in [-0.3, -0.25) is 0 Å². The van der Waals surface area contributed by atoms with Crippen molar-refractivity contribution in [3.8, 4) is 0 Å². The van der Waals surface area contributed by atoms with E-state index in [2.05, 4.69) is 5.32 Å². The third-order valence-electron chi connectivity index (χ3n) is 3.39. The van der Waals surface area contributed by atoms with Crippen LogP contribution >= 0.6 is 23.2 Å². The average molecular weight is 273 g/mol. The SMILES string of the molecule is Nc1cc(Cl)c(NCCC2CCCC2)c(Cl)c1. The predicted molar refractivity (Wildman–Crippen MR) is 75.9 cm³/mol. The van der Waals surface area contributed by atoms with Crippen LogP contribution < -0.4 is 11.1 Å². The second-order valence-corrected chi connectivity index (χ2v) is 5.54. The zero-order chi connectivity index (χ0) is 12.3. The summed E-state index contributed by atoms with van der Waals surface area (Å²) in [6.07, 6.45) is 6.69. The van der Waals surface area contributed by atoms with Crippen molar-refractivity contribution < 1.29 is 0 Å². The second kappa shape index (κ2) is 5.83. The molecule has 0 saturated heterocycles. The minimum atomic E-state index is 0.598. The second-order valence-electron chi connectivity index (χ2n) is 4.73. The minimum Gasteiger partial charge on any atom is -0.399 e. The number of benzene rings is 1. The van der Waals surface area contributed by atoms with Crippen molar-refractivity contribution in [3.05, 3.63) is 22.2 Å². The molecular formula is C13H18Cl2N2. The van der Waals surface area contributed by atoms with Crippen molar-refractivity contribution in [3.63, 3.8) is 0 Å². The molecule has 0 amide bonds. The Morgan fingerprint density at radius 3 is 2.35 bits per heavy atom. The van der Waals surface area contributed by atoms with Crippen LogP contribution in [-0.2, 0) is 0 Å². The molecule has 0 heterocycles. The van der Waals surface area contributed by atoms with Crippen molar-refractivity contribution >= 4 is 34.6 Å². The van der Waals surface area contributed by atoms with Gasteiger partial charge in [-0.1, -0.05) is 48.9 Å². The van der Waals surface area contributed by atoms with E-state index >= 15 is 0 Å². The summed E-state index contributed by atoms with van der Waals surface area (Å²) in [5.41, 5.74) is 7.06. The molecule has 0 spiro atoms. The van der Waals surface area contributed by atoms with Crippen LogP contribution in [0.2, 0.25) is 10.0 Å². The fraction of sp³-hybridized carbons (Fsp3) is 0.538. The molecule has 1 aliphatic rings. The number of hydrogen-bond acceptors (Lipinski definition) is 2. The number of anilines is 2. The summed E-state index contributed by atoms with van der Waals surface area (Å²) < 4.78 is 0. The first-order valence-corrected chi connectivity index (χ1v) is 6.91. The maximum absolute atomic E-state index is 6.10. The molecule has 0 aliphatic heterocycles. The van der Waals surface area contributed by atoms with Gasteiger partial charge in [-0.25, -0.2) is 0 Å². The highest BCUT2D eigenvalue weighted by Gasteiger charge is 2.14. The summed E-state index contributed by atoms with van der Waals surface area (Å²) in [7, 11) is 0. The predicted octanol–water partition coefficient (Wildman–Crippen LogP) is 4.57. The van der Waals surface area contributed by atoms with Crippen molar-refractivity contribution in [2.24, 2.45) is 5.92 Å². The van der Waals surface area contributed by atoms with E-state index in [0.29, 0.717) is 15.7 Å². The summed E-state index contributed by atoms with van der Waals surface area (Å²) in [6.45, 7) is 0.925. The summed E-state index contributed by atoms with van der Waals surface area (Å²) in [5, 5.41) is 4.51. The first-order valence-electron chi connectivity index (χ1n) is 6.15. The third kappa shape index (κ3) is 3.43. The summed E-state index contributed by atoms with van der Waals surface area (Å²) in [6, 6.07) is 3.46.